The second-order valence-electron chi connectivity index (χ2n) is 9.23. The number of alkyl halides is 3. The molecule has 0 spiro atoms. The highest BCUT2D eigenvalue weighted by atomic mass is 19.4. The Labute approximate surface area is 221 Å². The van der Waals surface area contributed by atoms with Crippen molar-refractivity contribution in [1.29, 1.82) is 0 Å². The monoisotopic (exact) mass is 543 g/mol. The first-order valence-electron chi connectivity index (χ1n) is 12.1. The first kappa shape index (κ1) is 26.4. The molecule has 0 radical (unpaired) electrons. The summed E-state index contributed by atoms with van der Waals surface area (Å²) < 4.78 is 64.3. The van der Waals surface area contributed by atoms with Crippen LogP contribution in [0.2, 0.25) is 0 Å². The minimum Gasteiger partial charge on any atom is -0.378 e. The predicted molar refractivity (Wildman–Crippen MR) is 135 cm³/mol. The molecule has 4 aromatic rings. The summed E-state index contributed by atoms with van der Waals surface area (Å²) in [5.41, 5.74) is 1.97. The highest BCUT2D eigenvalue weighted by Crippen LogP contribution is 2.38. The minimum absolute atomic E-state index is 0.174. The molecule has 3 heterocycles. The summed E-state index contributed by atoms with van der Waals surface area (Å²) in [6, 6.07) is 6.63. The molecular weight excluding hydrogens is 518 g/mol. The van der Waals surface area contributed by atoms with Crippen LogP contribution in [-0.4, -0.2) is 57.0 Å². The molecule has 39 heavy (non-hydrogen) atoms. The SMILES string of the molecule is Cc1ccc(C(=O)Nc2cc(N3CCOCC3)c(F)c(C(F)(F)F)c2)cc1-n1cc(-c2cnn(C)c2C)nn1. The van der Waals surface area contributed by atoms with Crippen LogP contribution >= 0.6 is 0 Å². The van der Waals surface area contributed by atoms with Crippen LogP contribution in [-0.2, 0) is 18.0 Å². The number of hydrogen-bond donors (Lipinski definition) is 1. The number of benzene rings is 2. The molecule has 5 rings (SSSR count). The lowest BCUT2D eigenvalue weighted by molar-refractivity contribution is -0.139. The van der Waals surface area contributed by atoms with Gasteiger partial charge in [-0.15, -0.1) is 5.10 Å². The zero-order valence-corrected chi connectivity index (χ0v) is 21.4. The molecule has 1 N–H and O–H groups in total. The molecule has 2 aromatic carbocycles. The van der Waals surface area contributed by atoms with Gasteiger partial charge in [-0.25, -0.2) is 9.07 Å². The Bertz CT molecular complexity index is 1540. The highest BCUT2D eigenvalue weighted by molar-refractivity contribution is 6.05. The van der Waals surface area contributed by atoms with Gasteiger partial charge in [0, 0.05) is 42.6 Å². The Balaban J connectivity index is 1.45. The van der Waals surface area contributed by atoms with E-state index in [0.717, 1.165) is 16.8 Å². The van der Waals surface area contributed by atoms with E-state index in [0.29, 0.717) is 17.4 Å². The number of ether oxygens (including phenoxy) is 1. The molecule has 2 aromatic heterocycles. The maximum Gasteiger partial charge on any atom is 0.419 e. The van der Waals surface area contributed by atoms with Crippen molar-refractivity contribution in [2.75, 3.05) is 36.5 Å². The number of hydrogen-bond acceptors (Lipinski definition) is 6. The number of aryl methyl sites for hydroxylation is 2. The molecule has 1 amide bonds. The number of nitrogens with zero attached hydrogens (tertiary/aromatic N) is 6. The number of rotatable bonds is 5. The van der Waals surface area contributed by atoms with Gasteiger partial charge >= 0.3 is 6.18 Å². The Morgan fingerprint density at radius 1 is 1.08 bits per heavy atom. The van der Waals surface area contributed by atoms with Crippen LogP contribution in [0.4, 0.5) is 28.9 Å². The Morgan fingerprint density at radius 3 is 2.49 bits per heavy atom. The van der Waals surface area contributed by atoms with Crippen LogP contribution in [0, 0.1) is 19.7 Å². The average Bonchev–Trinajstić information content (AvgIpc) is 3.51. The standard InChI is InChI=1S/C26H25F4N7O2/c1-15-4-5-17(10-22(15)37-14-21(33-34-37)19-13-31-35(3)16(19)2)25(38)32-18-11-20(26(28,29)30)24(27)23(12-18)36-6-8-39-9-7-36/h4-5,10-14H,6-9H2,1-3H3,(H,32,38). The van der Waals surface area contributed by atoms with Gasteiger partial charge in [-0.05, 0) is 43.7 Å². The Hall–Kier alpha value is -4.26. The summed E-state index contributed by atoms with van der Waals surface area (Å²) in [6.45, 7) is 4.71. The van der Waals surface area contributed by atoms with Crippen LogP contribution in [0.1, 0.15) is 27.2 Å². The van der Waals surface area contributed by atoms with Crippen molar-refractivity contribution in [1.82, 2.24) is 24.8 Å². The van der Waals surface area contributed by atoms with Crippen LogP contribution in [0.25, 0.3) is 16.9 Å². The number of carbonyl (C=O) groups is 1. The molecular formula is C26H25F4N7O2. The van der Waals surface area contributed by atoms with Gasteiger partial charge in [0.05, 0.1) is 42.5 Å². The summed E-state index contributed by atoms with van der Waals surface area (Å²) in [6.07, 6.45) is -1.55. The summed E-state index contributed by atoms with van der Waals surface area (Å²) in [7, 11) is 1.82. The number of halogens is 4. The second kappa shape index (κ2) is 10.1. The third kappa shape index (κ3) is 5.21. The normalized spacial score (nSPS) is 14.1. The molecule has 1 aliphatic heterocycles. The maximum absolute atomic E-state index is 14.9. The third-order valence-electron chi connectivity index (χ3n) is 6.69. The summed E-state index contributed by atoms with van der Waals surface area (Å²) in [5.74, 6) is -2.04. The van der Waals surface area contributed by atoms with Gasteiger partial charge in [0.15, 0.2) is 5.82 Å². The minimum atomic E-state index is -4.94. The van der Waals surface area contributed by atoms with E-state index in [-0.39, 0.29) is 43.2 Å². The highest BCUT2D eigenvalue weighted by Gasteiger charge is 2.37. The van der Waals surface area contributed by atoms with Crippen molar-refractivity contribution in [2.24, 2.45) is 7.05 Å². The van der Waals surface area contributed by atoms with E-state index in [9.17, 15) is 22.4 Å². The number of aromatic nitrogens is 5. The quantitative estimate of drug-likeness (QED) is 0.372. The molecule has 0 atom stereocenters. The van der Waals surface area contributed by atoms with E-state index >= 15 is 0 Å². The van der Waals surface area contributed by atoms with Crippen molar-refractivity contribution in [3.05, 3.63) is 70.9 Å². The molecule has 1 saturated heterocycles. The fraction of sp³-hybridized carbons (Fsp3) is 0.308. The largest absolute Gasteiger partial charge is 0.419 e. The van der Waals surface area contributed by atoms with E-state index < -0.39 is 23.5 Å². The second-order valence-corrected chi connectivity index (χ2v) is 9.23. The van der Waals surface area contributed by atoms with E-state index in [2.05, 4.69) is 20.7 Å². The fourth-order valence-corrected chi connectivity index (χ4v) is 4.38. The molecule has 0 unspecified atom stereocenters. The smallest absolute Gasteiger partial charge is 0.378 e. The third-order valence-corrected chi connectivity index (χ3v) is 6.69. The summed E-state index contributed by atoms with van der Waals surface area (Å²) in [5, 5.41) is 15.1. The molecule has 1 aliphatic rings. The lowest BCUT2D eigenvalue weighted by Crippen LogP contribution is -2.37. The molecule has 13 heteroatoms. The van der Waals surface area contributed by atoms with E-state index in [1.165, 1.54) is 15.6 Å². The number of carbonyl (C=O) groups excluding carboxylic acids is 1. The van der Waals surface area contributed by atoms with Crippen LogP contribution < -0.4 is 10.2 Å². The summed E-state index contributed by atoms with van der Waals surface area (Å²) >= 11 is 0. The van der Waals surface area contributed by atoms with Crippen LogP contribution in [0.3, 0.4) is 0 Å². The van der Waals surface area contributed by atoms with Gasteiger partial charge < -0.3 is 15.0 Å². The van der Waals surface area contributed by atoms with Crippen LogP contribution in [0.5, 0.6) is 0 Å². The Kier molecular flexibility index (Phi) is 6.85. The number of anilines is 2. The molecule has 204 valence electrons. The van der Waals surface area contributed by atoms with Gasteiger partial charge in [0.2, 0.25) is 0 Å². The number of nitrogens with one attached hydrogen (secondary N) is 1. The van der Waals surface area contributed by atoms with Gasteiger partial charge in [-0.2, -0.15) is 18.3 Å². The fourth-order valence-electron chi connectivity index (χ4n) is 4.38. The first-order valence-corrected chi connectivity index (χ1v) is 12.1. The van der Waals surface area contributed by atoms with Gasteiger partial charge in [0.25, 0.3) is 5.91 Å². The predicted octanol–water partition coefficient (Wildman–Crippen LogP) is 4.53. The van der Waals surface area contributed by atoms with E-state index in [1.54, 1.807) is 35.3 Å². The van der Waals surface area contributed by atoms with Crippen molar-refractivity contribution < 1.29 is 27.1 Å². The lowest BCUT2D eigenvalue weighted by Gasteiger charge is -2.30. The van der Waals surface area contributed by atoms with Crippen molar-refractivity contribution in [2.45, 2.75) is 20.0 Å². The number of amides is 1. The Morgan fingerprint density at radius 2 is 1.82 bits per heavy atom. The van der Waals surface area contributed by atoms with Crippen molar-refractivity contribution in [3.8, 4) is 16.9 Å². The van der Waals surface area contributed by atoms with Gasteiger partial charge in [-0.1, -0.05) is 11.3 Å². The van der Waals surface area contributed by atoms with Crippen molar-refractivity contribution in [3.63, 3.8) is 0 Å². The maximum atomic E-state index is 14.9. The first-order chi connectivity index (χ1) is 18.5. The molecule has 0 aliphatic carbocycles. The topological polar surface area (TPSA) is 90.1 Å². The van der Waals surface area contributed by atoms with Gasteiger partial charge in [-0.3, -0.25) is 9.48 Å². The van der Waals surface area contributed by atoms with E-state index in [4.69, 9.17) is 4.74 Å². The van der Waals surface area contributed by atoms with Gasteiger partial charge in [0.1, 0.15) is 5.69 Å². The zero-order valence-electron chi connectivity index (χ0n) is 21.4. The summed E-state index contributed by atoms with van der Waals surface area (Å²) in [4.78, 5) is 14.6. The average molecular weight is 544 g/mol. The molecule has 0 saturated carbocycles. The molecule has 1 fully saturated rings. The lowest BCUT2D eigenvalue weighted by atomic mass is 10.1. The van der Waals surface area contributed by atoms with Crippen LogP contribution in [0.15, 0.2) is 42.7 Å². The van der Waals surface area contributed by atoms with Crippen molar-refractivity contribution >= 4 is 17.3 Å². The van der Waals surface area contributed by atoms with E-state index in [1.807, 2.05) is 20.9 Å². The molecule has 9 nitrogen and oxygen atoms in total. The molecule has 0 bridgehead atoms. The number of morpholine rings is 1. The zero-order chi connectivity index (χ0) is 27.9.